The van der Waals surface area contributed by atoms with Crippen LogP contribution in [-0.4, -0.2) is 18.6 Å². The summed E-state index contributed by atoms with van der Waals surface area (Å²) < 4.78 is 23.3. The first-order chi connectivity index (χ1) is 8.60. The Morgan fingerprint density at radius 2 is 1.74 bits per heavy atom. The normalized spacial score (nSPS) is 20.3. The summed E-state index contributed by atoms with van der Waals surface area (Å²) in [6.07, 6.45) is 0.181. The molecule has 4 nitrogen and oxygen atoms in total. The van der Waals surface area contributed by atoms with Crippen LogP contribution < -0.4 is 0 Å². The van der Waals surface area contributed by atoms with Gasteiger partial charge in [0, 0.05) is 10.7 Å². The molecule has 1 unspecified atom stereocenters. The van der Waals surface area contributed by atoms with Crippen LogP contribution in [-0.2, 0) is 19.4 Å². The van der Waals surface area contributed by atoms with Crippen molar-refractivity contribution in [2.75, 3.05) is 0 Å². The summed E-state index contributed by atoms with van der Waals surface area (Å²) in [5, 5.41) is 0. The van der Waals surface area contributed by atoms with Crippen molar-refractivity contribution in [3.63, 3.8) is 0 Å². The Labute approximate surface area is 117 Å². The minimum atomic E-state index is -4.00. The van der Waals surface area contributed by atoms with E-state index in [2.05, 4.69) is 20.8 Å². The van der Waals surface area contributed by atoms with Crippen molar-refractivity contribution in [3.8, 4) is 0 Å². The molecule has 1 amide bonds. The van der Waals surface area contributed by atoms with Crippen LogP contribution in [0.15, 0.2) is 24.3 Å². The Morgan fingerprint density at radius 3 is 2.11 bits per heavy atom. The van der Waals surface area contributed by atoms with Gasteiger partial charge in [-0.15, -0.1) is 0 Å². The van der Waals surface area contributed by atoms with E-state index < -0.39 is 21.2 Å². The zero-order chi connectivity index (χ0) is 14.4. The average Bonchev–Trinajstić information content (AvgIpc) is 2.22. The van der Waals surface area contributed by atoms with Crippen molar-refractivity contribution in [1.29, 1.82) is 0 Å². The number of hydrogen-bond acceptors (Lipinski definition) is 3. The smallest absolute Gasteiger partial charge is 0.274 e. The summed E-state index contributed by atoms with van der Waals surface area (Å²) in [6.45, 7) is 6.30. The fourth-order valence-electron chi connectivity index (χ4n) is 2.13. The number of β-lactam (4-membered cyclic amide) rings is 1. The molecule has 2 rings (SSSR count). The molecule has 1 atom stereocenters. The molecule has 0 N–H and O–H groups in total. The zero-order valence-electron chi connectivity index (χ0n) is 11.1. The van der Waals surface area contributed by atoms with Gasteiger partial charge < -0.3 is 0 Å². The second-order valence-electron chi connectivity index (χ2n) is 5.72. The third-order valence-corrected chi connectivity index (χ3v) is 4.67. The lowest BCUT2D eigenvalue weighted by atomic mass is 9.85. The van der Waals surface area contributed by atoms with Gasteiger partial charge in [-0.1, -0.05) is 45.0 Å². The Balaban J connectivity index is 2.27. The molecule has 0 aromatic heterocycles. The monoisotopic (exact) mass is 301 g/mol. The van der Waals surface area contributed by atoms with Crippen molar-refractivity contribution in [2.24, 2.45) is 0 Å². The number of rotatable bonds is 2. The van der Waals surface area contributed by atoms with E-state index in [4.69, 9.17) is 10.7 Å². The molecule has 0 aliphatic carbocycles. The number of benzene rings is 1. The first kappa shape index (κ1) is 14.3. The van der Waals surface area contributed by atoms with E-state index in [9.17, 15) is 13.2 Å². The second kappa shape index (κ2) is 4.49. The van der Waals surface area contributed by atoms with Gasteiger partial charge in [-0.05, 0) is 16.5 Å². The van der Waals surface area contributed by atoms with Crippen molar-refractivity contribution < 1.29 is 13.2 Å². The zero-order valence-corrected chi connectivity index (χ0v) is 12.6. The predicted molar refractivity (Wildman–Crippen MR) is 74.1 cm³/mol. The molecule has 19 heavy (non-hydrogen) atoms. The van der Waals surface area contributed by atoms with Crippen molar-refractivity contribution in [1.82, 2.24) is 4.31 Å². The molecular weight excluding hydrogens is 286 g/mol. The van der Waals surface area contributed by atoms with Gasteiger partial charge in [0.25, 0.3) is 0 Å². The van der Waals surface area contributed by atoms with Crippen LogP contribution in [0.25, 0.3) is 0 Å². The van der Waals surface area contributed by atoms with E-state index >= 15 is 0 Å². The lowest BCUT2D eigenvalue weighted by Gasteiger charge is -2.37. The van der Waals surface area contributed by atoms with Gasteiger partial charge in [-0.25, -0.2) is 4.31 Å². The molecule has 0 saturated carbocycles. The highest BCUT2D eigenvalue weighted by atomic mass is 35.7. The van der Waals surface area contributed by atoms with Crippen LogP contribution in [0.5, 0.6) is 0 Å². The highest BCUT2D eigenvalue weighted by molar-refractivity contribution is 8.12. The highest BCUT2D eigenvalue weighted by Gasteiger charge is 2.44. The Hall–Kier alpha value is -1.07. The van der Waals surface area contributed by atoms with Gasteiger partial charge in [0.05, 0.1) is 12.5 Å². The minimum absolute atomic E-state index is 0.0339. The molecule has 104 valence electrons. The fourth-order valence-corrected chi connectivity index (χ4v) is 3.47. The minimum Gasteiger partial charge on any atom is -0.274 e. The number of amides is 1. The predicted octanol–water partition coefficient (Wildman–Crippen LogP) is 2.74. The first-order valence-corrected chi connectivity index (χ1v) is 8.24. The number of halogens is 1. The molecular formula is C13H16ClNO3S. The summed E-state index contributed by atoms with van der Waals surface area (Å²) in [7, 11) is 1.26. The highest BCUT2D eigenvalue weighted by Crippen LogP contribution is 2.38. The van der Waals surface area contributed by atoms with E-state index in [-0.39, 0.29) is 11.8 Å². The summed E-state index contributed by atoms with van der Waals surface area (Å²) in [6, 6.07) is 7.15. The maximum atomic E-state index is 11.3. The maximum Gasteiger partial charge on any atom is 0.324 e. The lowest BCUT2D eigenvalue weighted by Crippen LogP contribution is -2.47. The molecule has 1 heterocycles. The molecule has 1 aromatic carbocycles. The molecule has 1 aliphatic rings. The Bertz CT molecular complexity index is 602. The van der Waals surface area contributed by atoms with Crippen LogP contribution >= 0.6 is 10.7 Å². The van der Waals surface area contributed by atoms with E-state index in [0.29, 0.717) is 0 Å². The van der Waals surface area contributed by atoms with Gasteiger partial charge in [0.15, 0.2) is 0 Å². The van der Waals surface area contributed by atoms with E-state index in [1.807, 2.05) is 24.3 Å². The molecule has 0 spiro atoms. The molecule has 1 aliphatic heterocycles. The topological polar surface area (TPSA) is 54.5 Å². The van der Waals surface area contributed by atoms with Crippen molar-refractivity contribution in [2.45, 2.75) is 38.6 Å². The third kappa shape index (κ3) is 2.77. The largest absolute Gasteiger partial charge is 0.324 e. The molecule has 0 radical (unpaired) electrons. The van der Waals surface area contributed by atoms with E-state index in [0.717, 1.165) is 15.4 Å². The van der Waals surface area contributed by atoms with Crippen LogP contribution in [0.2, 0.25) is 0 Å². The molecule has 1 saturated heterocycles. The molecule has 6 heteroatoms. The van der Waals surface area contributed by atoms with Crippen molar-refractivity contribution >= 4 is 25.8 Å². The van der Waals surface area contributed by atoms with Crippen LogP contribution in [0.1, 0.15) is 44.4 Å². The summed E-state index contributed by atoms with van der Waals surface area (Å²) in [4.78, 5) is 11.3. The van der Waals surface area contributed by atoms with Crippen LogP contribution in [0, 0.1) is 0 Å². The number of hydrogen-bond donors (Lipinski definition) is 0. The molecule has 1 aromatic rings. The number of carbonyl (C=O) groups is 1. The summed E-state index contributed by atoms with van der Waals surface area (Å²) >= 11 is 0. The average molecular weight is 302 g/mol. The standard InChI is InChI=1S/C13H16ClNO3S/c1-13(2,3)10-6-4-9(5-7-10)11-8-12(16)15(11)19(14,17)18/h4-7,11H,8H2,1-3H3. The third-order valence-electron chi connectivity index (χ3n) is 3.29. The SMILES string of the molecule is CC(C)(C)c1ccc(C2CC(=O)N2S(=O)(=O)Cl)cc1. The van der Waals surface area contributed by atoms with Crippen LogP contribution in [0.4, 0.5) is 0 Å². The molecule has 0 bridgehead atoms. The molecule has 1 fully saturated rings. The number of nitrogens with zero attached hydrogens (tertiary/aromatic N) is 1. The summed E-state index contributed by atoms with van der Waals surface area (Å²) in [5.41, 5.74) is 1.98. The maximum absolute atomic E-state index is 11.3. The van der Waals surface area contributed by atoms with Crippen molar-refractivity contribution in [3.05, 3.63) is 35.4 Å². The first-order valence-electron chi connectivity index (χ1n) is 5.98. The van der Waals surface area contributed by atoms with Gasteiger partial charge in [0.1, 0.15) is 0 Å². The van der Waals surface area contributed by atoms with Crippen LogP contribution in [0.3, 0.4) is 0 Å². The van der Waals surface area contributed by atoms with Gasteiger partial charge in [-0.2, -0.15) is 8.42 Å². The van der Waals surface area contributed by atoms with Gasteiger partial charge in [-0.3, -0.25) is 4.79 Å². The van der Waals surface area contributed by atoms with Gasteiger partial charge in [0.2, 0.25) is 5.91 Å². The second-order valence-corrected chi connectivity index (χ2v) is 8.11. The van der Waals surface area contributed by atoms with E-state index in [1.165, 1.54) is 0 Å². The van der Waals surface area contributed by atoms with Gasteiger partial charge >= 0.3 is 9.24 Å². The number of carbonyl (C=O) groups excluding carboxylic acids is 1. The fraction of sp³-hybridized carbons (Fsp3) is 0.462. The Morgan fingerprint density at radius 1 is 1.21 bits per heavy atom. The Kier molecular flexibility index (Phi) is 3.39. The van der Waals surface area contributed by atoms with E-state index in [1.54, 1.807) is 0 Å². The summed E-state index contributed by atoms with van der Waals surface area (Å²) in [5.74, 6) is -0.458. The quantitative estimate of drug-likeness (QED) is 0.623. The lowest BCUT2D eigenvalue weighted by molar-refractivity contribution is -0.137.